The number of benzene rings is 1. The predicted molar refractivity (Wildman–Crippen MR) is 87.3 cm³/mol. The molecule has 2 aromatic rings. The SMILES string of the molecule is CNCCC(Oc1nc(C(C)=O)ccc1C#N)c1ccccc1. The molecule has 0 saturated carbocycles. The van der Waals surface area contributed by atoms with Crippen LogP contribution in [0.25, 0.3) is 0 Å². The molecular formula is C18H19N3O2. The second-order valence-corrected chi connectivity index (χ2v) is 5.13. The molecule has 0 saturated heterocycles. The molecule has 118 valence electrons. The molecule has 5 heteroatoms. The highest BCUT2D eigenvalue weighted by Gasteiger charge is 2.17. The van der Waals surface area contributed by atoms with Crippen LogP contribution in [0.15, 0.2) is 42.5 Å². The Morgan fingerprint density at radius 2 is 2.04 bits per heavy atom. The van der Waals surface area contributed by atoms with Crippen LogP contribution in [-0.2, 0) is 0 Å². The van der Waals surface area contributed by atoms with Gasteiger partial charge >= 0.3 is 0 Å². The zero-order valence-corrected chi connectivity index (χ0v) is 13.2. The first-order valence-electron chi connectivity index (χ1n) is 7.44. The van der Waals surface area contributed by atoms with Crippen molar-refractivity contribution in [3.8, 4) is 11.9 Å². The van der Waals surface area contributed by atoms with Gasteiger partial charge in [-0.3, -0.25) is 4.79 Å². The lowest BCUT2D eigenvalue weighted by Crippen LogP contribution is -2.17. The lowest BCUT2D eigenvalue weighted by Gasteiger charge is -2.19. The van der Waals surface area contributed by atoms with Crippen molar-refractivity contribution in [2.75, 3.05) is 13.6 Å². The van der Waals surface area contributed by atoms with Crippen LogP contribution in [0.5, 0.6) is 5.88 Å². The number of nitriles is 1. The molecule has 0 fully saturated rings. The monoisotopic (exact) mass is 309 g/mol. The summed E-state index contributed by atoms with van der Waals surface area (Å²) in [6.07, 6.45) is 0.475. The Morgan fingerprint density at radius 3 is 2.65 bits per heavy atom. The minimum absolute atomic E-state index is 0.161. The van der Waals surface area contributed by atoms with Crippen LogP contribution in [0.2, 0.25) is 0 Å². The standard InChI is InChI=1S/C18H19N3O2/c1-13(22)16-9-8-15(12-19)18(21-16)23-17(10-11-20-2)14-6-4-3-5-7-14/h3-9,17,20H,10-11H2,1-2H3. The molecule has 1 atom stereocenters. The molecule has 1 unspecified atom stereocenters. The Balaban J connectivity index is 2.33. The molecule has 0 aliphatic carbocycles. The molecule has 0 amide bonds. The van der Waals surface area contributed by atoms with E-state index in [-0.39, 0.29) is 17.8 Å². The van der Waals surface area contributed by atoms with Gasteiger partial charge in [0.1, 0.15) is 23.4 Å². The van der Waals surface area contributed by atoms with E-state index in [0.717, 1.165) is 18.5 Å². The van der Waals surface area contributed by atoms with Crippen molar-refractivity contribution in [3.63, 3.8) is 0 Å². The average Bonchev–Trinajstić information content (AvgIpc) is 2.59. The van der Waals surface area contributed by atoms with Crippen LogP contribution in [0, 0.1) is 11.3 Å². The van der Waals surface area contributed by atoms with E-state index < -0.39 is 0 Å². The summed E-state index contributed by atoms with van der Waals surface area (Å²) < 4.78 is 5.99. The van der Waals surface area contributed by atoms with Gasteiger partial charge in [-0.15, -0.1) is 0 Å². The Bertz CT molecular complexity index is 708. The van der Waals surface area contributed by atoms with Crippen molar-refractivity contribution >= 4 is 5.78 Å². The highest BCUT2D eigenvalue weighted by molar-refractivity contribution is 5.92. The van der Waals surface area contributed by atoms with Crippen LogP contribution in [0.4, 0.5) is 0 Å². The summed E-state index contributed by atoms with van der Waals surface area (Å²) in [7, 11) is 1.87. The van der Waals surface area contributed by atoms with Gasteiger partial charge in [0.25, 0.3) is 0 Å². The van der Waals surface area contributed by atoms with Gasteiger partial charge in [-0.05, 0) is 31.3 Å². The van der Waals surface area contributed by atoms with Crippen molar-refractivity contribution in [2.45, 2.75) is 19.4 Å². The van der Waals surface area contributed by atoms with Gasteiger partial charge < -0.3 is 10.1 Å². The van der Waals surface area contributed by atoms with Crippen molar-refractivity contribution in [2.24, 2.45) is 0 Å². The number of nitrogens with zero attached hydrogens (tertiary/aromatic N) is 2. The fourth-order valence-electron chi connectivity index (χ4n) is 2.18. The van der Waals surface area contributed by atoms with E-state index in [9.17, 15) is 10.1 Å². The molecule has 2 rings (SSSR count). The van der Waals surface area contributed by atoms with Gasteiger partial charge in [0.05, 0.1) is 0 Å². The molecule has 0 aliphatic rings. The number of carbonyl (C=O) groups is 1. The largest absolute Gasteiger partial charge is 0.468 e. The number of hydrogen-bond donors (Lipinski definition) is 1. The van der Waals surface area contributed by atoms with Gasteiger partial charge in [0.15, 0.2) is 5.78 Å². The van der Waals surface area contributed by atoms with Gasteiger partial charge in [-0.1, -0.05) is 30.3 Å². The summed E-state index contributed by atoms with van der Waals surface area (Å²) in [6, 6.07) is 14.9. The maximum absolute atomic E-state index is 11.5. The van der Waals surface area contributed by atoms with E-state index in [1.54, 1.807) is 12.1 Å². The van der Waals surface area contributed by atoms with E-state index in [2.05, 4.69) is 16.4 Å². The number of ketones is 1. The van der Waals surface area contributed by atoms with Gasteiger partial charge in [-0.25, -0.2) is 4.98 Å². The highest BCUT2D eigenvalue weighted by Crippen LogP contribution is 2.26. The Labute approximate surface area is 135 Å². The first-order chi connectivity index (χ1) is 11.2. The number of aromatic nitrogens is 1. The van der Waals surface area contributed by atoms with E-state index in [0.29, 0.717) is 11.3 Å². The van der Waals surface area contributed by atoms with Crippen molar-refractivity contribution in [1.82, 2.24) is 10.3 Å². The van der Waals surface area contributed by atoms with Crippen molar-refractivity contribution < 1.29 is 9.53 Å². The second-order valence-electron chi connectivity index (χ2n) is 5.13. The van der Waals surface area contributed by atoms with Gasteiger partial charge in [0, 0.05) is 13.3 Å². The molecule has 1 aromatic heterocycles. The number of nitrogens with one attached hydrogen (secondary N) is 1. The number of Topliss-reactive ketones (excluding diaryl/α,β-unsaturated/α-hetero) is 1. The third-order valence-corrected chi connectivity index (χ3v) is 3.42. The number of hydrogen-bond acceptors (Lipinski definition) is 5. The van der Waals surface area contributed by atoms with E-state index in [1.807, 2.05) is 37.4 Å². The summed E-state index contributed by atoms with van der Waals surface area (Å²) >= 11 is 0. The van der Waals surface area contributed by atoms with Crippen LogP contribution < -0.4 is 10.1 Å². The fraction of sp³-hybridized carbons (Fsp3) is 0.278. The first-order valence-corrected chi connectivity index (χ1v) is 7.44. The summed E-state index contributed by atoms with van der Waals surface area (Å²) in [5.74, 6) is 0.0379. The van der Waals surface area contributed by atoms with Gasteiger partial charge in [-0.2, -0.15) is 5.26 Å². The minimum Gasteiger partial charge on any atom is -0.468 e. The van der Waals surface area contributed by atoms with E-state index in [4.69, 9.17) is 4.74 Å². The number of pyridine rings is 1. The Morgan fingerprint density at radius 1 is 1.30 bits per heavy atom. The van der Waals surface area contributed by atoms with Crippen LogP contribution >= 0.6 is 0 Å². The number of carbonyl (C=O) groups excluding carboxylic acids is 1. The van der Waals surface area contributed by atoms with Crippen molar-refractivity contribution in [1.29, 1.82) is 5.26 Å². The zero-order chi connectivity index (χ0) is 16.7. The molecule has 1 heterocycles. The smallest absolute Gasteiger partial charge is 0.232 e. The number of rotatable bonds is 7. The summed E-state index contributed by atoms with van der Waals surface area (Å²) in [5.41, 5.74) is 1.61. The highest BCUT2D eigenvalue weighted by atomic mass is 16.5. The fourth-order valence-corrected chi connectivity index (χ4v) is 2.18. The van der Waals surface area contributed by atoms with Crippen LogP contribution in [0.3, 0.4) is 0 Å². The molecule has 0 aliphatic heterocycles. The molecule has 0 radical (unpaired) electrons. The van der Waals surface area contributed by atoms with Crippen LogP contribution in [0.1, 0.15) is 41.1 Å². The van der Waals surface area contributed by atoms with Crippen molar-refractivity contribution in [3.05, 3.63) is 59.3 Å². The number of ether oxygens (including phenoxy) is 1. The third-order valence-electron chi connectivity index (χ3n) is 3.42. The Hall–Kier alpha value is -2.71. The quantitative estimate of drug-likeness (QED) is 0.796. The second kappa shape index (κ2) is 8.06. The van der Waals surface area contributed by atoms with Gasteiger partial charge in [0.2, 0.25) is 5.88 Å². The molecule has 5 nitrogen and oxygen atoms in total. The average molecular weight is 309 g/mol. The maximum atomic E-state index is 11.5. The maximum Gasteiger partial charge on any atom is 0.232 e. The predicted octanol–water partition coefficient (Wildman–Crippen LogP) is 2.89. The molecule has 0 spiro atoms. The summed E-state index contributed by atoms with van der Waals surface area (Å²) in [6.45, 7) is 2.20. The minimum atomic E-state index is -0.245. The lowest BCUT2D eigenvalue weighted by molar-refractivity contribution is 0.101. The topological polar surface area (TPSA) is 75.0 Å². The van der Waals surface area contributed by atoms with E-state index in [1.165, 1.54) is 6.92 Å². The molecule has 23 heavy (non-hydrogen) atoms. The lowest BCUT2D eigenvalue weighted by atomic mass is 10.1. The molecular weight excluding hydrogens is 290 g/mol. The molecule has 1 aromatic carbocycles. The van der Waals surface area contributed by atoms with E-state index >= 15 is 0 Å². The normalized spacial score (nSPS) is 11.5. The molecule has 1 N–H and O–H groups in total. The molecule has 0 bridgehead atoms. The summed E-state index contributed by atoms with van der Waals surface area (Å²) in [5, 5.41) is 12.3. The van der Waals surface area contributed by atoms with Crippen LogP contribution in [-0.4, -0.2) is 24.4 Å². The third kappa shape index (κ3) is 4.38. The zero-order valence-electron chi connectivity index (χ0n) is 13.2. The first kappa shape index (κ1) is 16.7. The summed E-state index contributed by atoms with van der Waals surface area (Å²) in [4.78, 5) is 15.7. The Kier molecular flexibility index (Phi) is 5.84.